The maximum atomic E-state index is 12.4. The molecule has 10 heteroatoms. The van der Waals surface area contributed by atoms with Gasteiger partial charge in [0.1, 0.15) is 0 Å². The van der Waals surface area contributed by atoms with E-state index in [1.807, 2.05) is 12.1 Å². The second-order valence-electron chi connectivity index (χ2n) is 9.62. The Morgan fingerprint density at radius 1 is 0.971 bits per heavy atom. The summed E-state index contributed by atoms with van der Waals surface area (Å²) in [5.41, 5.74) is 1.19. The highest BCUT2D eigenvalue weighted by molar-refractivity contribution is 7.91. The molecule has 1 aromatic rings. The number of nitrogens with one attached hydrogen (secondary N) is 1. The summed E-state index contributed by atoms with van der Waals surface area (Å²) in [4.78, 5) is 15.2. The third-order valence-corrected chi connectivity index (χ3v) is 10.2. The standard InChI is InChI=1S/C24H39N3O5S2/c1-3-34(31,32)23-7-5-20(6-8-23)19-21-9-15-26(16-10-21)14-4-13-25-24(28)22-11-17-27(18-12-22)33(2,29)30/h5-8,21-22H,3-4,9-19H2,1-2H3,(H,25,28). The van der Waals surface area contributed by atoms with Crippen LogP contribution in [0, 0.1) is 11.8 Å². The number of hydrogen-bond acceptors (Lipinski definition) is 6. The minimum Gasteiger partial charge on any atom is -0.356 e. The topological polar surface area (TPSA) is 104 Å². The molecule has 8 nitrogen and oxygen atoms in total. The Morgan fingerprint density at radius 3 is 2.15 bits per heavy atom. The number of sulfonamides is 1. The number of hydrogen-bond donors (Lipinski definition) is 1. The fourth-order valence-electron chi connectivity index (χ4n) is 4.86. The van der Waals surface area contributed by atoms with Crippen molar-refractivity contribution in [3.05, 3.63) is 29.8 Å². The quantitative estimate of drug-likeness (QED) is 0.480. The molecule has 0 atom stereocenters. The van der Waals surface area contributed by atoms with Crippen molar-refractivity contribution in [2.75, 3.05) is 51.3 Å². The average Bonchev–Trinajstić information content (AvgIpc) is 2.82. The monoisotopic (exact) mass is 513 g/mol. The fraction of sp³-hybridized carbons (Fsp3) is 0.708. The molecule has 3 rings (SSSR count). The van der Waals surface area contributed by atoms with Crippen molar-refractivity contribution >= 4 is 25.8 Å². The molecule has 2 aliphatic rings. The highest BCUT2D eigenvalue weighted by Crippen LogP contribution is 2.23. The van der Waals surface area contributed by atoms with Crippen LogP contribution in [0.2, 0.25) is 0 Å². The van der Waals surface area contributed by atoms with Gasteiger partial charge in [-0.2, -0.15) is 0 Å². The first-order chi connectivity index (χ1) is 16.1. The van der Waals surface area contributed by atoms with E-state index in [1.54, 1.807) is 19.1 Å². The molecule has 0 saturated carbocycles. The zero-order chi connectivity index (χ0) is 24.8. The molecule has 0 radical (unpaired) electrons. The summed E-state index contributed by atoms with van der Waals surface area (Å²) in [7, 11) is -6.31. The Kier molecular flexibility index (Phi) is 9.54. The van der Waals surface area contributed by atoms with Crippen LogP contribution in [0.15, 0.2) is 29.2 Å². The summed E-state index contributed by atoms with van der Waals surface area (Å²) in [6.07, 6.45) is 6.53. The van der Waals surface area contributed by atoms with E-state index in [0.29, 0.717) is 43.3 Å². The second-order valence-corrected chi connectivity index (χ2v) is 13.9. The SMILES string of the molecule is CCS(=O)(=O)c1ccc(CC2CCN(CCCNC(=O)C3CCN(S(C)(=O)=O)CC3)CC2)cc1. The minimum atomic E-state index is -3.16. The first kappa shape index (κ1) is 27.1. The molecule has 2 saturated heterocycles. The van der Waals surface area contributed by atoms with Crippen LogP contribution in [-0.4, -0.2) is 83.2 Å². The van der Waals surface area contributed by atoms with E-state index in [4.69, 9.17) is 0 Å². The van der Waals surface area contributed by atoms with Gasteiger partial charge in [0.15, 0.2) is 9.84 Å². The fourth-order valence-corrected chi connectivity index (χ4v) is 6.61. The summed E-state index contributed by atoms with van der Waals surface area (Å²) in [6, 6.07) is 7.35. The van der Waals surface area contributed by atoms with Gasteiger partial charge in [-0.1, -0.05) is 19.1 Å². The Bertz CT molecular complexity index is 1010. The molecule has 0 bridgehead atoms. The number of amides is 1. The lowest BCUT2D eigenvalue weighted by atomic mass is 9.90. The van der Waals surface area contributed by atoms with Gasteiger partial charge >= 0.3 is 0 Å². The zero-order valence-corrected chi connectivity index (χ0v) is 22.0. The molecule has 1 aromatic carbocycles. The van der Waals surface area contributed by atoms with Crippen LogP contribution in [0.4, 0.5) is 0 Å². The predicted octanol–water partition coefficient (Wildman–Crippen LogP) is 1.91. The number of benzene rings is 1. The molecular weight excluding hydrogens is 474 g/mol. The third-order valence-electron chi connectivity index (χ3n) is 7.14. The summed E-state index contributed by atoms with van der Waals surface area (Å²) in [5.74, 6) is 0.691. The van der Waals surface area contributed by atoms with Crippen molar-refractivity contribution in [3.63, 3.8) is 0 Å². The van der Waals surface area contributed by atoms with Crippen LogP contribution in [0.25, 0.3) is 0 Å². The first-order valence-electron chi connectivity index (χ1n) is 12.4. The Hall–Kier alpha value is -1.49. The molecule has 34 heavy (non-hydrogen) atoms. The van der Waals surface area contributed by atoms with E-state index < -0.39 is 19.9 Å². The van der Waals surface area contributed by atoms with Crippen molar-refractivity contribution in [2.45, 2.75) is 50.3 Å². The van der Waals surface area contributed by atoms with Crippen molar-refractivity contribution < 1.29 is 21.6 Å². The van der Waals surface area contributed by atoms with Crippen molar-refractivity contribution in [3.8, 4) is 0 Å². The van der Waals surface area contributed by atoms with Gasteiger partial charge in [0.05, 0.1) is 16.9 Å². The maximum absolute atomic E-state index is 12.4. The highest BCUT2D eigenvalue weighted by atomic mass is 32.2. The van der Waals surface area contributed by atoms with Crippen molar-refractivity contribution in [1.82, 2.24) is 14.5 Å². The van der Waals surface area contributed by atoms with Crippen LogP contribution >= 0.6 is 0 Å². The van der Waals surface area contributed by atoms with Crippen LogP contribution in [-0.2, 0) is 31.1 Å². The van der Waals surface area contributed by atoms with E-state index in [0.717, 1.165) is 45.3 Å². The van der Waals surface area contributed by atoms with Crippen LogP contribution in [0.5, 0.6) is 0 Å². The Labute approximate surface area is 205 Å². The van der Waals surface area contributed by atoms with Gasteiger partial charge in [-0.15, -0.1) is 0 Å². The summed E-state index contributed by atoms with van der Waals surface area (Å²) in [5, 5.41) is 3.03. The van der Waals surface area contributed by atoms with E-state index in [9.17, 15) is 21.6 Å². The number of piperidine rings is 2. The van der Waals surface area contributed by atoms with E-state index in [1.165, 1.54) is 16.1 Å². The normalized spacial score (nSPS) is 19.8. The molecule has 1 N–H and O–H groups in total. The molecule has 192 valence electrons. The molecule has 0 aliphatic carbocycles. The number of nitrogens with zero attached hydrogens (tertiary/aromatic N) is 2. The highest BCUT2D eigenvalue weighted by Gasteiger charge is 2.28. The van der Waals surface area contributed by atoms with Crippen LogP contribution in [0.3, 0.4) is 0 Å². The molecule has 0 aromatic heterocycles. The van der Waals surface area contributed by atoms with E-state index >= 15 is 0 Å². The summed E-state index contributed by atoms with van der Waals surface area (Å²) < 4.78 is 48.6. The maximum Gasteiger partial charge on any atom is 0.223 e. The van der Waals surface area contributed by atoms with Crippen molar-refractivity contribution in [2.24, 2.45) is 11.8 Å². The number of carbonyl (C=O) groups is 1. The van der Waals surface area contributed by atoms with Gasteiger partial charge < -0.3 is 10.2 Å². The Balaban J connectivity index is 1.30. The zero-order valence-electron chi connectivity index (χ0n) is 20.4. The molecule has 0 spiro atoms. The third kappa shape index (κ3) is 7.76. The average molecular weight is 514 g/mol. The molecule has 1 amide bonds. The number of carbonyl (C=O) groups excluding carboxylic acids is 1. The van der Waals surface area contributed by atoms with E-state index in [2.05, 4.69) is 10.2 Å². The van der Waals surface area contributed by atoms with Gasteiger partial charge in [-0.05, 0) is 81.8 Å². The largest absolute Gasteiger partial charge is 0.356 e. The van der Waals surface area contributed by atoms with Crippen molar-refractivity contribution in [1.29, 1.82) is 0 Å². The lowest BCUT2D eigenvalue weighted by Gasteiger charge is -2.32. The van der Waals surface area contributed by atoms with E-state index in [-0.39, 0.29) is 17.6 Å². The number of rotatable bonds is 10. The van der Waals surface area contributed by atoms with Gasteiger partial charge in [0, 0.05) is 25.6 Å². The first-order valence-corrected chi connectivity index (χ1v) is 15.9. The minimum absolute atomic E-state index is 0.0459. The lowest BCUT2D eigenvalue weighted by molar-refractivity contribution is -0.126. The Morgan fingerprint density at radius 2 is 1.59 bits per heavy atom. The summed E-state index contributed by atoms with van der Waals surface area (Å²) >= 11 is 0. The number of sulfone groups is 1. The van der Waals surface area contributed by atoms with Crippen LogP contribution < -0.4 is 5.32 Å². The van der Waals surface area contributed by atoms with Gasteiger partial charge in [-0.3, -0.25) is 4.79 Å². The summed E-state index contributed by atoms with van der Waals surface area (Å²) in [6.45, 7) is 6.22. The van der Waals surface area contributed by atoms with Gasteiger partial charge in [-0.25, -0.2) is 21.1 Å². The molecule has 2 fully saturated rings. The molecule has 2 aliphatic heterocycles. The lowest BCUT2D eigenvalue weighted by Crippen LogP contribution is -2.43. The molecular formula is C24H39N3O5S2. The second kappa shape index (κ2) is 12.0. The van der Waals surface area contributed by atoms with Gasteiger partial charge in [0.25, 0.3) is 0 Å². The smallest absolute Gasteiger partial charge is 0.223 e. The van der Waals surface area contributed by atoms with Gasteiger partial charge in [0.2, 0.25) is 15.9 Å². The number of likely N-dealkylation sites (tertiary alicyclic amines) is 1. The molecule has 0 unspecified atom stereocenters. The predicted molar refractivity (Wildman–Crippen MR) is 134 cm³/mol. The molecule has 2 heterocycles. The van der Waals surface area contributed by atoms with Crippen LogP contribution in [0.1, 0.15) is 44.6 Å².